The van der Waals surface area contributed by atoms with Gasteiger partial charge in [0, 0.05) is 18.8 Å². The molecule has 0 aliphatic heterocycles. The summed E-state index contributed by atoms with van der Waals surface area (Å²) >= 11 is 0. The normalized spacial score (nSPS) is 6.73. The largest absolute Gasteiger partial charge is 0.459 e. The van der Waals surface area contributed by atoms with Crippen molar-refractivity contribution >= 4 is 5.97 Å². The van der Waals surface area contributed by atoms with Crippen molar-refractivity contribution in [3.8, 4) is 23.7 Å². The second kappa shape index (κ2) is 6.71. The molecule has 0 aromatic carbocycles. The predicted molar refractivity (Wildman–Crippen MR) is 42.5 cm³/mol. The first-order valence-corrected chi connectivity index (χ1v) is 3.27. The highest BCUT2D eigenvalue weighted by Gasteiger charge is 1.86. The minimum Gasteiger partial charge on any atom is -0.459 e. The second-order valence-electron chi connectivity index (χ2n) is 1.72. The monoisotopic (exact) mass is 150 g/mol. The number of methoxy groups -OCH3 is 1. The Balaban J connectivity index is 3.53. The van der Waals surface area contributed by atoms with Crippen LogP contribution in [0.15, 0.2) is 0 Å². The highest BCUT2D eigenvalue weighted by atomic mass is 16.5. The molecule has 0 saturated carbocycles. The Hall–Kier alpha value is -1.41. The van der Waals surface area contributed by atoms with Crippen LogP contribution in [0.1, 0.15) is 19.8 Å². The van der Waals surface area contributed by atoms with E-state index < -0.39 is 5.97 Å². The van der Waals surface area contributed by atoms with Crippen LogP contribution in [0, 0.1) is 23.7 Å². The van der Waals surface area contributed by atoms with Crippen molar-refractivity contribution in [1.82, 2.24) is 0 Å². The SMILES string of the molecule is CC#CCCC#CC(=O)OC. The van der Waals surface area contributed by atoms with Gasteiger partial charge in [0.15, 0.2) is 0 Å². The van der Waals surface area contributed by atoms with Gasteiger partial charge >= 0.3 is 5.97 Å². The summed E-state index contributed by atoms with van der Waals surface area (Å²) in [7, 11) is 1.31. The minimum absolute atomic E-state index is 0.491. The maximum absolute atomic E-state index is 10.4. The minimum atomic E-state index is -0.491. The molecule has 0 fully saturated rings. The Labute approximate surface area is 66.9 Å². The molecule has 0 bridgehead atoms. The molecule has 0 aromatic heterocycles. The second-order valence-corrected chi connectivity index (χ2v) is 1.72. The Morgan fingerprint density at radius 3 is 2.55 bits per heavy atom. The maximum Gasteiger partial charge on any atom is 0.384 e. The lowest BCUT2D eigenvalue weighted by molar-refractivity contribution is -0.133. The number of rotatable bonds is 1. The molecule has 58 valence electrons. The topological polar surface area (TPSA) is 26.3 Å². The molecule has 11 heavy (non-hydrogen) atoms. The average Bonchev–Trinajstić information content (AvgIpc) is 2.04. The van der Waals surface area contributed by atoms with Crippen LogP contribution >= 0.6 is 0 Å². The molecule has 0 unspecified atom stereocenters. The quantitative estimate of drug-likeness (QED) is 0.241. The molecule has 0 radical (unpaired) electrons. The molecule has 0 amide bonds. The van der Waals surface area contributed by atoms with E-state index >= 15 is 0 Å². The molecule has 0 aliphatic rings. The fraction of sp³-hybridized carbons (Fsp3) is 0.444. The summed E-state index contributed by atoms with van der Waals surface area (Å²) in [5, 5.41) is 0. The molecule has 2 heteroatoms. The zero-order chi connectivity index (χ0) is 8.53. The Morgan fingerprint density at radius 1 is 1.36 bits per heavy atom. The van der Waals surface area contributed by atoms with E-state index in [1.165, 1.54) is 7.11 Å². The van der Waals surface area contributed by atoms with Gasteiger partial charge in [-0.1, -0.05) is 5.92 Å². The molecule has 2 nitrogen and oxygen atoms in total. The molecule has 0 spiro atoms. The van der Waals surface area contributed by atoms with Crippen LogP contribution < -0.4 is 0 Å². The van der Waals surface area contributed by atoms with Crippen molar-refractivity contribution in [3.05, 3.63) is 0 Å². The summed E-state index contributed by atoms with van der Waals surface area (Å²) in [5.41, 5.74) is 0. The van der Waals surface area contributed by atoms with Gasteiger partial charge in [-0.15, -0.1) is 11.8 Å². The smallest absolute Gasteiger partial charge is 0.384 e. The first kappa shape index (κ1) is 9.59. The van der Waals surface area contributed by atoms with E-state index in [1.54, 1.807) is 6.92 Å². The van der Waals surface area contributed by atoms with E-state index in [9.17, 15) is 4.79 Å². The van der Waals surface area contributed by atoms with Gasteiger partial charge in [-0.2, -0.15) is 0 Å². The fourth-order valence-corrected chi connectivity index (χ4v) is 0.436. The number of esters is 1. The number of carbonyl (C=O) groups is 1. The Bertz CT molecular complexity index is 232. The molecule has 0 saturated heterocycles. The highest BCUT2D eigenvalue weighted by Crippen LogP contribution is 1.82. The van der Waals surface area contributed by atoms with Crippen LogP contribution in [0.5, 0.6) is 0 Å². The average molecular weight is 150 g/mol. The van der Waals surface area contributed by atoms with Gasteiger partial charge in [0.1, 0.15) is 0 Å². The zero-order valence-corrected chi connectivity index (χ0v) is 6.73. The number of ether oxygens (including phenoxy) is 1. The van der Waals surface area contributed by atoms with Gasteiger partial charge in [-0.3, -0.25) is 0 Å². The van der Waals surface area contributed by atoms with Crippen molar-refractivity contribution in [1.29, 1.82) is 0 Å². The molecule has 0 heterocycles. The lowest BCUT2D eigenvalue weighted by Gasteiger charge is -1.83. The van der Waals surface area contributed by atoms with Gasteiger partial charge in [-0.25, -0.2) is 4.79 Å². The molecule has 0 aliphatic carbocycles. The number of hydrogen-bond acceptors (Lipinski definition) is 2. The molecule has 0 atom stereocenters. The van der Waals surface area contributed by atoms with Crippen LogP contribution in [0.2, 0.25) is 0 Å². The van der Waals surface area contributed by atoms with Crippen LogP contribution in [-0.2, 0) is 9.53 Å². The van der Waals surface area contributed by atoms with E-state index in [1.807, 2.05) is 0 Å². The van der Waals surface area contributed by atoms with Gasteiger partial charge in [0.25, 0.3) is 0 Å². The number of carbonyl (C=O) groups excluding carboxylic acids is 1. The first-order valence-electron chi connectivity index (χ1n) is 3.27. The lowest BCUT2D eigenvalue weighted by Crippen LogP contribution is -1.93. The van der Waals surface area contributed by atoms with E-state index in [0.717, 1.165) is 0 Å². The van der Waals surface area contributed by atoms with Crippen LogP contribution in [-0.4, -0.2) is 13.1 Å². The van der Waals surface area contributed by atoms with Gasteiger partial charge < -0.3 is 4.74 Å². The Kier molecular flexibility index (Phi) is 5.85. The summed E-state index contributed by atoms with van der Waals surface area (Å²) in [6.07, 6.45) is 1.33. The van der Waals surface area contributed by atoms with E-state index in [2.05, 4.69) is 28.4 Å². The van der Waals surface area contributed by atoms with Crippen molar-refractivity contribution in [2.45, 2.75) is 19.8 Å². The summed E-state index contributed by atoms with van der Waals surface area (Å²) in [6, 6.07) is 0. The summed E-state index contributed by atoms with van der Waals surface area (Å²) in [6.45, 7) is 1.77. The van der Waals surface area contributed by atoms with Crippen molar-refractivity contribution in [3.63, 3.8) is 0 Å². The molecule has 0 aromatic rings. The van der Waals surface area contributed by atoms with Gasteiger partial charge in [0.05, 0.1) is 7.11 Å². The summed E-state index contributed by atoms with van der Waals surface area (Å²) < 4.78 is 4.31. The van der Waals surface area contributed by atoms with E-state index in [4.69, 9.17) is 0 Å². The Morgan fingerprint density at radius 2 is 2.00 bits per heavy atom. The summed E-state index contributed by atoms with van der Waals surface area (Å²) in [5.74, 6) is 10.0. The third-order valence-corrected chi connectivity index (χ3v) is 0.928. The predicted octanol–water partition coefficient (Wildman–Crippen LogP) is 0.966. The molecular weight excluding hydrogens is 140 g/mol. The molecular formula is C9H10O2. The third kappa shape index (κ3) is 6.48. The zero-order valence-electron chi connectivity index (χ0n) is 6.73. The van der Waals surface area contributed by atoms with Crippen LogP contribution in [0.3, 0.4) is 0 Å². The van der Waals surface area contributed by atoms with Crippen molar-refractivity contribution in [2.24, 2.45) is 0 Å². The van der Waals surface area contributed by atoms with E-state index in [-0.39, 0.29) is 0 Å². The maximum atomic E-state index is 10.4. The lowest BCUT2D eigenvalue weighted by atomic mass is 10.3. The molecule has 0 rings (SSSR count). The van der Waals surface area contributed by atoms with Gasteiger partial charge in [-0.05, 0) is 6.92 Å². The van der Waals surface area contributed by atoms with Crippen LogP contribution in [0.25, 0.3) is 0 Å². The van der Waals surface area contributed by atoms with Crippen LogP contribution in [0.4, 0.5) is 0 Å². The highest BCUT2D eigenvalue weighted by molar-refractivity contribution is 5.88. The van der Waals surface area contributed by atoms with Gasteiger partial charge in [0.2, 0.25) is 0 Å². The standard InChI is InChI=1S/C9H10O2/c1-3-4-5-6-7-8-9(10)11-2/h5-6H2,1-2H3. The first-order chi connectivity index (χ1) is 5.31. The summed E-state index contributed by atoms with van der Waals surface area (Å²) in [4.78, 5) is 10.4. The number of unbranched alkanes of at least 4 members (excludes halogenated alkanes) is 1. The van der Waals surface area contributed by atoms with Crippen molar-refractivity contribution in [2.75, 3.05) is 7.11 Å². The number of hydrogen-bond donors (Lipinski definition) is 0. The van der Waals surface area contributed by atoms with Crippen molar-refractivity contribution < 1.29 is 9.53 Å². The van der Waals surface area contributed by atoms with E-state index in [0.29, 0.717) is 12.8 Å². The molecule has 0 N–H and O–H groups in total. The fourth-order valence-electron chi connectivity index (χ4n) is 0.436. The third-order valence-electron chi connectivity index (χ3n) is 0.928.